The molecule has 0 spiro atoms. The summed E-state index contributed by atoms with van der Waals surface area (Å²) in [5.74, 6) is 3.28. The second-order valence-electron chi connectivity index (χ2n) is 8.23. The molecule has 0 aromatic heterocycles. The van der Waals surface area contributed by atoms with E-state index in [-0.39, 0.29) is 5.04 Å². The minimum absolute atomic E-state index is 0.269. The molecule has 0 N–H and O–H groups in total. The Bertz CT molecular complexity index is 332. The molecule has 0 rings (SSSR count). The first-order chi connectivity index (χ1) is 7.71. The third-order valence-electron chi connectivity index (χ3n) is 4.59. The molecule has 18 heavy (non-hydrogen) atoms. The van der Waals surface area contributed by atoms with E-state index < -0.39 is 16.4 Å². The molecular weight excluding hydrogens is 252 g/mol. The van der Waals surface area contributed by atoms with Gasteiger partial charge in [0.05, 0.1) is 6.61 Å². The molecule has 0 aromatic rings. The highest BCUT2D eigenvalue weighted by molar-refractivity contribution is 6.87. The lowest BCUT2D eigenvalue weighted by Gasteiger charge is -2.35. The van der Waals surface area contributed by atoms with Crippen LogP contribution in [0.5, 0.6) is 0 Å². The number of hydrogen-bond acceptors (Lipinski definition) is 1. The second kappa shape index (κ2) is 5.52. The van der Waals surface area contributed by atoms with E-state index in [1.807, 2.05) is 0 Å². The van der Waals surface area contributed by atoms with Gasteiger partial charge < -0.3 is 4.43 Å². The summed E-state index contributed by atoms with van der Waals surface area (Å²) in [6, 6.07) is 0. The van der Waals surface area contributed by atoms with Crippen molar-refractivity contribution in [2.75, 3.05) is 6.61 Å². The minimum atomic E-state index is -1.63. The van der Waals surface area contributed by atoms with Gasteiger partial charge in [0, 0.05) is 0 Å². The maximum Gasteiger partial charge on any atom is 0.193 e. The van der Waals surface area contributed by atoms with Gasteiger partial charge in [0.1, 0.15) is 8.07 Å². The molecule has 0 amide bonds. The normalized spacial score (nSPS) is 14.1. The zero-order chi connectivity index (χ0) is 14.8. The van der Waals surface area contributed by atoms with E-state index in [9.17, 15) is 0 Å². The van der Waals surface area contributed by atoms with Crippen LogP contribution in [0.2, 0.25) is 36.3 Å². The van der Waals surface area contributed by atoms with Crippen molar-refractivity contribution in [2.45, 2.75) is 77.8 Å². The lowest BCUT2D eigenvalue weighted by atomic mass is 10.2. The zero-order valence-electron chi connectivity index (χ0n) is 14.1. The average Bonchev–Trinajstić information content (AvgIpc) is 2.08. The number of rotatable bonds is 2. The lowest BCUT2D eigenvalue weighted by Crippen LogP contribution is -2.41. The van der Waals surface area contributed by atoms with Gasteiger partial charge >= 0.3 is 0 Å². The Morgan fingerprint density at radius 3 is 1.61 bits per heavy atom. The van der Waals surface area contributed by atoms with Crippen LogP contribution in [0.4, 0.5) is 0 Å². The van der Waals surface area contributed by atoms with E-state index in [1.54, 1.807) is 0 Å². The van der Waals surface area contributed by atoms with Crippen LogP contribution in [0.25, 0.3) is 0 Å². The third kappa shape index (κ3) is 4.91. The Morgan fingerprint density at radius 2 is 1.28 bits per heavy atom. The lowest BCUT2D eigenvalue weighted by molar-refractivity contribution is 0.334. The Morgan fingerprint density at radius 1 is 0.833 bits per heavy atom. The maximum atomic E-state index is 6.09. The highest BCUT2D eigenvalue weighted by atomic mass is 28.4. The summed E-state index contributed by atoms with van der Waals surface area (Å²) in [5.41, 5.74) is 3.51. The summed E-state index contributed by atoms with van der Waals surface area (Å²) in [7, 11) is -3.11. The third-order valence-corrected chi connectivity index (χ3v) is 13.6. The monoisotopic (exact) mass is 284 g/mol. The fraction of sp³-hybridized carbons (Fsp3) is 0.867. The molecular formula is C15H32OSi2. The Kier molecular flexibility index (Phi) is 5.51. The number of hydrogen-bond donors (Lipinski definition) is 0. The molecule has 106 valence electrons. The summed E-state index contributed by atoms with van der Waals surface area (Å²) in [4.78, 5) is 0. The van der Waals surface area contributed by atoms with E-state index in [2.05, 4.69) is 79.2 Å². The van der Waals surface area contributed by atoms with E-state index in [0.717, 1.165) is 0 Å². The molecule has 0 unspecified atom stereocenters. The van der Waals surface area contributed by atoms with Crippen molar-refractivity contribution in [2.24, 2.45) is 0 Å². The van der Waals surface area contributed by atoms with Crippen molar-refractivity contribution in [1.29, 1.82) is 0 Å². The van der Waals surface area contributed by atoms with Gasteiger partial charge in [-0.3, -0.25) is 0 Å². The minimum Gasteiger partial charge on any atom is -0.406 e. The van der Waals surface area contributed by atoms with Crippen LogP contribution in [0.1, 0.15) is 41.5 Å². The average molecular weight is 285 g/mol. The Balaban J connectivity index is 4.57. The van der Waals surface area contributed by atoms with Gasteiger partial charge in [0.2, 0.25) is 0 Å². The quantitative estimate of drug-likeness (QED) is 0.509. The summed E-state index contributed by atoms with van der Waals surface area (Å²) >= 11 is 0. The molecule has 1 nitrogen and oxygen atoms in total. The summed E-state index contributed by atoms with van der Waals surface area (Å²) in [6.07, 6.45) is 0. The van der Waals surface area contributed by atoms with Gasteiger partial charge in [0.25, 0.3) is 0 Å². The molecule has 0 atom stereocenters. The first kappa shape index (κ1) is 18.0. The van der Waals surface area contributed by atoms with Crippen molar-refractivity contribution in [3.05, 3.63) is 0 Å². The first-order valence-electron chi connectivity index (χ1n) is 6.85. The van der Waals surface area contributed by atoms with Gasteiger partial charge in [0.15, 0.2) is 8.32 Å². The van der Waals surface area contributed by atoms with E-state index in [1.165, 1.54) is 0 Å². The van der Waals surface area contributed by atoms with Crippen LogP contribution in [0.3, 0.4) is 0 Å². The van der Waals surface area contributed by atoms with Crippen molar-refractivity contribution in [1.82, 2.24) is 0 Å². The Labute approximate surface area is 117 Å². The molecule has 0 saturated heterocycles. The Hall–Kier alpha value is -0.0462. The molecule has 0 radical (unpaired) electrons. The van der Waals surface area contributed by atoms with Crippen LogP contribution in [0, 0.1) is 11.5 Å². The van der Waals surface area contributed by atoms with Gasteiger partial charge in [-0.15, -0.1) is 5.54 Å². The van der Waals surface area contributed by atoms with E-state index >= 15 is 0 Å². The van der Waals surface area contributed by atoms with Crippen LogP contribution < -0.4 is 0 Å². The fourth-order valence-corrected chi connectivity index (χ4v) is 2.63. The van der Waals surface area contributed by atoms with Crippen molar-refractivity contribution >= 4 is 16.4 Å². The van der Waals surface area contributed by atoms with Crippen molar-refractivity contribution < 1.29 is 4.43 Å². The summed E-state index contributed by atoms with van der Waals surface area (Å²) in [5, 5.41) is 0.600. The zero-order valence-corrected chi connectivity index (χ0v) is 16.1. The SMILES string of the molecule is CC(C)(C)[Si](C)(C)C#CCO[Si](C)(C)C(C)(C)C. The van der Waals surface area contributed by atoms with Gasteiger partial charge in [-0.05, 0) is 23.2 Å². The van der Waals surface area contributed by atoms with Crippen molar-refractivity contribution in [3.8, 4) is 11.5 Å². The highest BCUT2D eigenvalue weighted by Crippen LogP contribution is 2.37. The molecule has 0 aliphatic carbocycles. The fourth-order valence-electron chi connectivity index (χ4n) is 0.878. The largest absolute Gasteiger partial charge is 0.406 e. The topological polar surface area (TPSA) is 9.23 Å². The predicted molar refractivity (Wildman–Crippen MR) is 88.1 cm³/mol. The summed E-state index contributed by atoms with van der Waals surface area (Å²) in [6.45, 7) is 23.5. The predicted octanol–water partition coefficient (Wildman–Crippen LogP) is 5.06. The molecule has 3 heteroatoms. The maximum absolute atomic E-state index is 6.09. The molecule has 0 aliphatic rings. The van der Waals surface area contributed by atoms with Crippen LogP contribution in [-0.2, 0) is 4.43 Å². The van der Waals surface area contributed by atoms with Gasteiger partial charge in [-0.1, -0.05) is 60.6 Å². The van der Waals surface area contributed by atoms with Crippen molar-refractivity contribution in [3.63, 3.8) is 0 Å². The van der Waals surface area contributed by atoms with Crippen LogP contribution in [-0.4, -0.2) is 23.0 Å². The molecule has 0 heterocycles. The second-order valence-corrected chi connectivity index (χ2v) is 18.0. The van der Waals surface area contributed by atoms with E-state index in [0.29, 0.717) is 11.6 Å². The molecule has 0 fully saturated rings. The molecule has 0 bridgehead atoms. The molecule has 0 aromatic carbocycles. The van der Waals surface area contributed by atoms with Gasteiger partial charge in [-0.2, -0.15) is 0 Å². The van der Waals surface area contributed by atoms with Gasteiger partial charge in [-0.25, -0.2) is 0 Å². The summed E-state index contributed by atoms with van der Waals surface area (Å²) < 4.78 is 6.09. The molecule has 0 saturated carbocycles. The van der Waals surface area contributed by atoms with E-state index in [4.69, 9.17) is 4.43 Å². The smallest absolute Gasteiger partial charge is 0.193 e. The standard InChI is InChI=1S/C15H32OSi2/c1-14(2,3)17(7,8)13-11-12-16-18(9,10)15(4,5)6/h12H2,1-10H3. The highest BCUT2D eigenvalue weighted by Gasteiger charge is 2.37. The first-order valence-corrected chi connectivity index (χ1v) is 12.8. The van der Waals surface area contributed by atoms with Crippen LogP contribution >= 0.6 is 0 Å². The van der Waals surface area contributed by atoms with Crippen LogP contribution in [0.15, 0.2) is 0 Å². The molecule has 0 aliphatic heterocycles.